The molecule has 0 saturated heterocycles. The smallest absolute Gasteiger partial charge is 0.338 e. The van der Waals surface area contributed by atoms with Gasteiger partial charge in [-0.3, -0.25) is 29.6 Å². The maximum Gasteiger partial charge on any atom is 0.338 e. The molecule has 0 saturated carbocycles. The van der Waals surface area contributed by atoms with Crippen molar-refractivity contribution in [3.05, 3.63) is 98.7 Å². The summed E-state index contributed by atoms with van der Waals surface area (Å²) in [6, 6.07) is 7.48. The number of fused-ring (bicyclic) bond motifs is 1. The molecule has 0 bridgehead atoms. The Balaban J connectivity index is 2.03. The van der Waals surface area contributed by atoms with Crippen molar-refractivity contribution < 1.29 is 29.2 Å². The van der Waals surface area contributed by atoms with Gasteiger partial charge in [-0.25, -0.2) is 9.79 Å². The van der Waals surface area contributed by atoms with Crippen molar-refractivity contribution in [3.8, 4) is 11.5 Å². The van der Waals surface area contributed by atoms with E-state index < -0.39 is 44.5 Å². The van der Waals surface area contributed by atoms with Crippen molar-refractivity contribution in [2.75, 3.05) is 6.61 Å². The monoisotopic (exact) mass is 568 g/mol. The fourth-order valence-electron chi connectivity index (χ4n) is 4.27. The third-order valence-electron chi connectivity index (χ3n) is 5.89. The lowest BCUT2D eigenvalue weighted by Gasteiger charge is -2.26. The van der Waals surface area contributed by atoms with Crippen LogP contribution in [0.15, 0.2) is 57.5 Å². The molecule has 0 amide bonds. The summed E-state index contributed by atoms with van der Waals surface area (Å²) in [5.74, 6) is -1.08. The Morgan fingerprint density at radius 2 is 1.93 bits per heavy atom. The van der Waals surface area contributed by atoms with Crippen LogP contribution in [0.2, 0.25) is 0 Å². The van der Waals surface area contributed by atoms with E-state index >= 15 is 0 Å². The lowest BCUT2D eigenvalue weighted by atomic mass is 9.95. The number of esters is 1. The minimum Gasteiger partial charge on any atom is -0.502 e. The average Bonchev–Trinajstić information content (AvgIpc) is 3.18. The van der Waals surface area contributed by atoms with Gasteiger partial charge in [0.05, 0.1) is 44.4 Å². The van der Waals surface area contributed by atoms with Crippen molar-refractivity contribution in [3.63, 3.8) is 0 Å². The lowest BCUT2D eigenvalue weighted by molar-refractivity contribution is -0.394. The Hall–Kier alpha value is -4.85. The molecular weight excluding hydrogens is 544 g/mol. The van der Waals surface area contributed by atoms with Crippen LogP contribution in [0.4, 0.5) is 11.4 Å². The number of non-ortho nitro benzene ring substituents is 1. The Labute approximate surface area is 230 Å². The Morgan fingerprint density at radius 3 is 2.55 bits per heavy atom. The van der Waals surface area contributed by atoms with Crippen LogP contribution in [0.1, 0.15) is 44.9 Å². The number of nitro groups is 2. The minimum absolute atomic E-state index is 0.0333. The molecule has 1 aliphatic heterocycles. The zero-order chi connectivity index (χ0) is 29.3. The van der Waals surface area contributed by atoms with E-state index in [1.165, 1.54) is 4.57 Å². The lowest BCUT2D eigenvalue weighted by Crippen LogP contribution is -2.40. The van der Waals surface area contributed by atoms with Crippen LogP contribution < -0.4 is 19.6 Å². The molecule has 2 aromatic carbocycles. The highest BCUT2D eigenvalue weighted by molar-refractivity contribution is 7.07. The van der Waals surface area contributed by atoms with E-state index in [-0.39, 0.29) is 33.2 Å². The van der Waals surface area contributed by atoms with E-state index in [0.29, 0.717) is 23.1 Å². The van der Waals surface area contributed by atoms with Gasteiger partial charge in [0, 0.05) is 17.2 Å². The van der Waals surface area contributed by atoms with Crippen LogP contribution in [0.25, 0.3) is 6.08 Å². The summed E-state index contributed by atoms with van der Waals surface area (Å²) in [5.41, 5.74) is -1.54. The van der Waals surface area contributed by atoms with Gasteiger partial charge in [-0.05, 0) is 39.8 Å². The zero-order valence-corrected chi connectivity index (χ0v) is 22.6. The highest BCUT2D eigenvalue weighted by Crippen LogP contribution is 2.37. The van der Waals surface area contributed by atoms with Gasteiger partial charge in [-0.2, -0.15) is 0 Å². The SMILES string of the molecule is CCOC(=O)C1=C(C)N=c2s/c(=C/c3cc([N+](=O)[O-])cc([N+](=O)[O-])c3O)c(=O)n2[C@H]1c1ccccc1OC(C)C. The van der Waals surface area contributed by atoms with Crippen LogP contribution in [-0.2, 0) is 9.53 Å². The van der Waals surface area contributed by atoms with Gasteiger partial charge < -0.3 is 14.6 Å². The number of ether oxygens (including phenoxy) is 2. The fraction of sp³-hybridized carbons (Fsp3) is 0.269. The van der Waals surface area contributed by atoms with Crippen LogP contribution in [0, 0.1) is 20.2 Å². The fourth-order valence-corrected chi connectivity index (χ4v) is 5.31. The number of phenols is 1. The minimum atomic E-state index is -1.000. The first-order valence-electron chi connectivity index (χ1n) is 12.1. The molecule has 0 unspecified atom stereocenters. The van der Waals surface area contributed by atoms with Gasteiger partial charge in [0.25, 0.3) is 11.2 Å². The number of para-hydroxylation sites is 1. The molecule has 1 aromatic heterocycles. The summed E-state index contributed by atoms with van der Waals surface area (Å²) in [7, 11) is 0. The number of aromatic hydroxyl groups is 1. The number of nitro benzene ring substituents is 2. The number of nitrogens with zero attached hydrogens (tertiary/aromatic N) is 4. The number of benzene rings is 2. The number of thiazole rings is 1. The summed E-state index contributed by atoms with van der Waals surface area (Å²) in [5, 5.41) is 33.2. The van der Waals surface area contributed by atoms with E-state index in [2.05, 4.69) is 4.99 Å². The molecule has 3 aromatic rings. The van der Waals surface area contributed by atoms with Gasteiger partial charge in [-0.15, -0.1) is 0 Å². The largest absolute Gasteiger partial charge is 0.502 e. The molecule has 0 spiro atoms. The predicted octanol–water partition coefficient (Wildman–Crippen LogP) is 3.11. The summed E-state index contributed by atoms with van der Waals surface area (Å²) in [4.78, 5) is 52.6. The number of phenolic OH excluding ortho intramolecular Hbond substituents is 1. The molecule has 40 heavy (non-hydrogen) atoms. The second kappa shape index (κ2) is 11.1. The Kier molecular flexibility index (Phi) is 7.81. The van der Waals surface area contributed by atoms with Gasteiger partial charge >= 0.3 is 11.7 Å². The molecule has 0 radical (unpaired) electrons. The molecule has 2 heterocycles. The topological polar surface area (TPSA) is 176 Å². The van der Waals surface area contributed by atoms with Crippen molar-refractivity contribution in [2.24, 2.45) is 4.99 Å². The highest BCUT2D eigenvalue weighted by atomic mass is 32.1. The second-order valence-corrected chi connectivity index (χ2v) is 9.93. The van der Waals surface area contributed by atoms with Crippen LogP contribution >= 0.6 is 11.3 Å². The normalized spacial score (nSPS) is 15.0. The molecule has 0 aliphatic carbocycles. The van der Waals surface area contributed by atoms with E-state index in [1.807, 2.05) is 13.8 Å². The third kappa shape index (κ3) is 5.20. The van der Waals surface area contributed by atoms with Crippen LogP contribution in [-0.4, -0.2) is 38.2 Å². The first kappa shape index (κ1) is 28.2. The van der Waals surface area contributed by atoms with E-state index in [0.717, 1.165) is 23.5 Å². The molecule has 208 valence electrons. The number of rotatable bonds is 8. The molecule has 1 N–H and O–H groups in total. The Morgan fingerprint density at radius 1 is 1.23 bits per heavy atom. The van der Waals surface area contributed by atoms with Gasteiger partial charge in [-0.1, -0.05) is 29.5 Å². The number of carbonyl (C=O) groups excluding carboxylic acids is 1. The van der Waals surface area contributed by atoms with Gasteiger partial charge in [0.15, 0.2) is 4.80 Å². The molecule has 4 rings (SSSR count). The first-order valence-corrected chi connectivity index (χ1v) is 12.9. The average molecular weight is 569 g/mol. The number of hydrogen-bond acceptors (Lipinski definition) is 11. The standard InChI is InChI=1S/C26H24N4O9S/c1-5-38-25(33)21-14(4)27-26-28(22(21)17-8-6-7-9-19(17)39-13(2)3)24(32)20(40-26)11-15-10-16(29(34)35)12-18(23(15)31)30(36)37/h6-13,22,31H,5H2,1-4H3/b20-11+/t22-/m0/s1. The van der Waals surface area contributed by atoms with E-state index in [1.54, 1.807) is 38.1 Å². The van der Waals surface area contributed by atoms with Gasteiger partial charge in [0.2, 0.25) is 5.75 Å². The summed E-state index contributed by atoms with van der Waals surface area (Å²) < 4.78 is 12.5. The molecule has 1 aliphatic rings. The molecule has 14 heteroatoms. The molecule has 13 nitrogen and oxygen atoms in total. The first-order chi connectivity index (χ1) is 18.9. The maximum atomic E-state index is 13.8. The number of hydrogen-bond donors (Lipinski definition) is 1. The number of allylic oxidation sites excluding steroid dienone is 1. The quantitative estimate of drug-likeness (QED) is 0.243. The summed E-state index contributed by atoms with van der Waals surface area (Å²) >= 11 is 0.893. The Bertz CT molecular complexity index is 1750. The molecule has 1 atom stereocenters. The van der Waals surface area contributed by atoms with Crippen molar-refractivity contribution in [2.45, 2.75) is 39.8 Å². The van der Waals surface area contributed by atoms with Crippen LogP contribution in [0.5, 0.6) is 11.5 Å². The second-order valence-electron chi connectivity index (χ2n) is 8.92. The predicted molar refractivity (Wildman–Crippen MR) is 144 cm³/mol. The van der Waals surface area contributed by atoms with Crippen molar-refractivity contribution >= 4 is 34.8 Å². The third-order valence-corrected chi connectivity index (χ3v) is 6.87. The van der Waals surface area contributed by atoms with Crippen LogP contribution in [0.3, 0.4) is 0 Å². The van der Waals surface area contributed by atoms with E-state index in [9.17, 15) is 34.9 Å². The van der Waals surface area contributed by atoms with E-state index in [4.69, 9.17) is 9.47 Å². The summed E-state index contributed by atoms with van der Waals surface area (Å²) in [6.07, 6.45) is 0.900. The maximum absolute atomic E-state index is 13.8. The van der Waals surface area contributed by atoms with Gasteiger partial charge in [0.1, 0.15) is 11.8 Å². The number of aromatic nitrogens is 1. The zero-order valence-electron chi connectivity index (χ0n) is 21.8. The van der Waals surface area contributed by atoms with Crippen molar-refractivity contribution in [1.82, 2.24) is 4.57 Å². The summed E-state index contributed by atoms with van der Waals surface area (Å²) in [6.45, 7) is 7.01. The number of carbonyl (C=O) groups is 1. The molecular formula is C26H24N4O9S. The highest BCUT2D eigenvalue weighted by Gasteiger charge is 2.35. The van der Waals surface area contributed by atoms with Crippen molar-refractivity contribution in [1.29, 1.82) is 0 Å². The molecule has 0 fully saturated rings.